The van der Waals surface area contributed by atoms with Crippen LogP contribution in [0.15, 0.2) is 12.2 Å². The van der Waals surface area contributed by atoms with E-state index in [1.54, 1.807) is 11.8 Å². The van der Waals surface area contributed by atoms with Crippen molar-refractivity contribution in [2.45, 2.75) is 26.8 Å². The van der Waals surface area contributed by atoms with Gasteiger partial charge in [-0.2, -0.15) is 0 Å². The molecule has 0 aromatic heterocycles. The molecule has 1 fully saturated rings. The predicted molar refractivity (Wildman–Crippen MR) is 81.9 cm³/mol. The van der Waals surface area contributed by atoms with E-state index in [0.29, 0.717) is 32.8 Å². The molecule has 0 aliphatic carbocycles. The number of piperazine rings is 1. The van der Waals surface area contributed by atoms with Gasteiger partial charge in [-0.25, -0.2) is 0 Å². The zero-order chi connectivity index (χ0) is 15.8. The molecule has 21 heavy (non-hydrogen) atoms. The van der Waals surface area contributed by atoms with Gasteiger partial charge in [0.2, 0.25) is 5.91 Å². The molecule has 1 rings (SSSR count). The maximum absolute atomic E-state index is 12.4. The molecule has 1 unspecified atom stereocenters. The highest BCUT2D eigenvalue weighted by Crippen LogP contribution is 2.07. The summed E-state index contributed by atoms with van der Waals surface area (Å²) < 4.78 is 5.08. The van der Waals surface area contributed by atoms with Gasteiger partial charge in [-0.1, -0.05) is 12.2 Å². The Bertz CT molecular complexity index is 384. The number of amides is 1. The Hall–Kier alpha value is -1.40. The van der Waals surface area contributed by atoms with Gasteiger partial charge in [0, 0.05) is 32.7 Å². The molecule has 1 amide bonds. The smallest absolute Gasteiger partial charge is 0.324 e. The van der Waals surface area contributed by atoms with Crippen molar-refractivity contribution in [3.05, 3.63) is 12.2 Å². The average molecular weight is 297 g/mol. The van der Waals surface area contributed by atoms with E-state index < -0.39 is 0 Å². The fourth-order valence-corrected chi connectivity index (χ4v) is 2.38. The zero-order valence-corrected chi connectivity index (χ0v) is 13.4. The van der Waals surface area contributed by atoms with E-state index in [1.807, 2.05) is 18.7 Å². The van der Waals surface area contributed by atoms with Crippen molar-refractivity contribution in [3.8, 4) is 0 Å². The Morgan fingerprint density at radius 2 is 2.14 bits per heavy atom. The number of esters is 1. The third kappa shape index (κ3) is 5.47. The van der Waals surface area contributed by atoms with Gasteiger partial charge in [0.25, 0.3) is 0 Å². The summed E-state index contributed by atoms with van der Waals surface area (Å²) in [5.41, 5.74) is 0.951. The Kier molecular flexibility index (Phi) is 7.39. The Labute approximate surface area is 127 Å². The van der Waals surface area contributed by atoms with Gasteiger partial charge in [0.15, 0.2) is 0 Å². The second kappa shape index (κ2) is 8.79. The normalized spacial score (nSPS) is 19.1. The lowest BCUT2D eigenvalue weighted by molar-refractivity contribution is -0.151. The number of carbonyl (C=O) groups excluding carboxylic acids is 2. The number of hydrogen-bond acceptors (Lipinski definition) is 5. The second-order valence-electron chi connectivity index (χ2n) is 5.31. The van der Waals surface area contributed by atoms with E-state index in [2.05, 4.69) is 11.9 Å². The first-order valence-electron chi connectivity index (χ1n) is 7.53. The minimum atomic E-state index is -0.383. The lowest BCUT2D eigenvalue weighted by atomic mass is 10.2. The fourth-order valence-electron chi connectivity index (χ4n) is 2.38. The number of carbonyl (C=O) groups is 2. The van der Waals surface area contributed by atoms with Crippen LogP contribution in [0.5, 0.6) is 0 Å². The molecule has 0 spiro atoms. The van der Waals surface area contributed by atoms with Crippen LogP contribution < -0.4 is 5.32 Å². The maximum Gasteiger partial charge on any atom is 0.324 e. The van der Waals surface area contributed by atoms with Gasteiger partial charge in [-0.15, -0.1) is 0 Å². The van der Waals surface area contributed by atoms with Crippen LogP contribution in [0, 0.1) is 0 Å². The molecule has 6 heteroatoms. The SMILES string of the molecule is C=C(C)CN(CC)C(=O)CN1CCNCC1C(=O)OCC. The predicted octanol–water partition coefficient (Wildman–Crippen LogP) is 0.248. The number of hydrogen-bond donors (Lipinski definition) is 1. The van der Waals surface area contributed by atoms with E-state index in [9.17, 15) is 9.59 Å². The van der Waals surface area contributed by atoms with Crippen LogP contribution in [0.4, 0.5) is 0 Å². The average Bonchev–Trinajstić information content (AvgIpc) is 2.45. The Morgan fingerprint density at radius 3 is 2.71 bits per heavy atom. The van der Waals surface area contributed by atoms with E-state index in [1.165, 1.54) is 0 Å². The van der Waals surface area contributed by atoms with Crippen molar-refractivity contribution in [1.82, 2.24) is 15.1 Å². The number of ether oxygens (including phenoxy) is 1. The van der Waals surface area contributed by atoms with Crippen LogP contribution in [-0.4, -0.2) is 73.6 Å². The second-order valence-corrected chi connectivity index (χ2v) is 5.31. The first-order valence-corrected chi connectivity index (χ1v) is 7.53. The van der Waals surface area contributed by atoms with E-state index in [4.69, 9.17) is 4.74 Å². The first-order chi connectivity index (χ1) is 9.99. The van der Waals surface area contributed by atoms with E-state index in [-0.39, 0.29) is 24.5 Å². The third-order valence-corrected chi connectivity index (χ3v) is 3.45. The molecule has 1 saturated heterocycles. The Morgan fingerprint density at radius 1 is 1.43 bits per heavy atom. The molecule has 1 aliphatic rings. The molecule has 1 atom stereocenters. The molecule has 1 N–H and O–H groups in total. The summed E-state index contributed by atoms with van der Waals surface area (Å²) in [6.07, 6.45) is 0. The molecule has 0 aromatic carbocycles. The van der Waals surface area contributed by atoms with Crippen molar-refractivity contribution in [2.24, 2.45) is 0 Å². The molecule has 0 aromatic rings. The number of nitrogens with zero attached hydrogens (tertiary/aromatic N) is 2. The van der Waals surface area contributed by atoms with Crippen LogP contribution in [0.25, 0.3) is 0 Å². The molecule has 0 bridgehead atoms. The number of likely N-dealkylation sites (N-methyl/N-ethyl adjacent to an activating group) is 1. The molecule has 0 radical (unpaired) electrons. The van der Waals surface area contributed by atoms with Crippen LogP contribution in [-0.2, 0) is 14.3 Å². The molecular weight excluding hydrogens is 270 g/mol. The summed E-state index contributed by atoms with van der Waals surface area (Å²) in [7, 11) is 0. The largest absolute Gasteiger partial charge is 0.465 e. The quantitative estimate of drug-likeness (QED) is 0.539. The number of nitrogens with one attached hydrogen (secondary N) is 1. The maximum atomic E-state index is 12.4. The Balaban J connectivity index is 2.65. The first kappa shape index (κ1) is 17.7. The molecule has 120 valence electrons. The monoisotopic (exact) mass is 297 g/mol. The third-order valence-electron chi connectivity index (χ3n) is 3.45. The van der Waals surface area contributed by atoms with Crippen molar-refractivity contribution in [3.63, 3.8) is 0 Å². The lowest BCUT2D eigenvalue weighted by Gasteiger charge is -2.35. The highest BCUT2D eigenvalue weighted by molar-refractivity contribution is 5.81. The summed E-state index contributed by atoms with van der Waals surface area (Å²) in [6, 6.07) is -0.383. The molecular formula is C15H27N3O3. The fraction of sp³-hybridized carbons (Fsp3) is 0.733. The summed E-state index contributed by atoms with van der Waals surface area (Å²) in [6.45, 7) is 13.3. The minimum Gasteiger partial charge on any atom is -0.465 e. The topological polar surface area (TPSA) is 61.9 Å². The summed E-state index contributed by atoms with van der Waals surface area (Å²) in [5, 5.41) is 3.17. The van der Waals surface area contributed by atoms with Gasteiger partial charge in [-0.3, -0.25) is 14.5 Å². The lowest BCUT2D eigenvalue weighted by Crippen LogP contribution is -2.57. The van der Waals surface area contributed by atoms with Crippen LogP contribution >= 0.6 is 0 Å². The van der Waals surface area contributed by atoms with E-state index in [0.717, 1.165) is 12.1 Å². The van der Waals surface area contributed by atoms with Gasteiger partial charge in [0.1, 0.15) is 6.04 Å². The van der Waals surface area contributed by atoms with Crippen LogP contribution in [0.2, 0.25) is 0 Å². The van der Waals surface area contributed by atoms with Crippen molar-refractivity contribution >= 4 is 11.9 Å². The van der Waals surface area contributed by atoms with E-state index >= 15 is 0 Å². The van der Waals surface area contributed by atoms with Gasteiger partial charge in [0.05, 0.1) is 13.2 Å². The molecule has 6 nitrogen and oxygen atoms in total. The number of rotatable bonds is 7. The highest BCUT2D eigenvalue weighted by atomic mass is 16.5. The van der Waals surface area contributed by atoms with Crippen molar-refractivity contribution in [1.29, 1.82) is 0 Å². The van der Waals surface area contributed by atoms with Gasteiger partial charge in [-0.05, 0) is 20.8 Å². The summed E-state index contributed by atoms with van der Waals surface area (Å²) in [5.74, 6) is -0.239. The van der Waals surface area contributed by atoms with Crippen LogP contribution in [0.3, 0.4) is 0 Å². The van der Waals surface area contributed by atoms with Gasteiger partial charge >= 0.3 is 5.97 Å². The minimum absolute atomic E-state index is 0.0247. The van der Waals surface area contributed by atoms with Crippen LogP contribution in [0.1, 0.15) is 20.8 Å². The molecule has 0 saturated carbocycles. The van der Waals surface area contributed by atoms with Gasteiger partial charge < -0.3 is 15.0 Å². The summed E-state index contributed by atoms with van der Waals surface area (Å²) >= 11 is 0. The van der Waals surface area contributed by atoms with Crippen molar-refractivity contribution in [2.75, 3.05) is 45.9 Å². The summed E-state index contributed by atoms with van der Waals surface area (Å²) in [4.78, 5) is 28.0. The molecule has 1 aliphatic heterocycles. The zero-order valence-electron chi connectivity index (χ0n) is 13.4. The highest BCUT2D eigenvalue weighted by Gasteiger charge is 2.31. The molecule has 1 heterocycles. The standard InChI is InChI=1S/C15H27N3O3/c1-5-17(10-12(3)4)14(19)11-18-8-7-16-9-13(18)15(20)21-6-2/h13,16H,3,5-11H2,1-2,4H3. The van der Waals surface area contributed by atoms with Crippen molar-refractivity contribution < 1.29 is 14.3 Å².